The Morgan fingerprint density at radius 3 is 1.80 bits per heavy atom. The number of nitrogens with one attached hydrogen (secondary N) is 3. The molecule has 268 valence electrons. The number of anilines is 1. The van der Waals surface area contributed by atoms with Gasteiger partial charge in [0.2, 0.25) is 11.9 Å². The molecule has 0 unspecified atom stereocenters. The van der Waals surface area contributed by atoms with E-state index in [9.17, 15) is 18.4 Å². The first-order valence-electron chi connectivity index (χ1n) is 18.2. The van der Waals surface area contributed by atoms with Gasteiger partial charge in [0.1, 0.15) is 17.3 Å². The lowest BCUT2D eigenvalue weighted by Crippen LogP contribution is -2.46. The van der Waals surface area contributed by atoms with Crippen LogP contribution in [-0.2, 0) is 31.0 Å². The van der Waals surface area contributed by atoms with E-state index in [4.69, 9.17) is 0 Å². The Morgan fingerprint density at radius 1 is 0.720 bits per heavy atom. The fourth-order valence-electron chi connectivity index (χ4n) is 7.06. The first-order valence-corrected chi connectivity index (χ1v) is 18.2. The van der Waals surface area contributed by atoms with Crippen LogP contribution in [0.15, 0.2) is 53.3 Å². The maximum Gasteiger partial charge on any atom is 0.262 e. The third-order valence-electron chi connectivity index (χ3n) is 10.0. The number of rotatable bonds is 15. The van der Waals surface area contributed by atoms with E-state index in [1.807, 2.05) is 24.3 Å². The molecule has 0 aliphatic carbocycles. The van der Waals surface area contributed by atoms with Gasteiger partial charge in [-0.3, -0.25) is 39.5 Å². The number of aromatic amines is 2. The van der Waals surface area contributed by atoms with Gasteiger partial charge in [-0.05, 0) is 18.6 Å². The molecule has 10 nitrogen and oxygen atoms in total. The van der Waals surface area contributed by atoms with Crippen molar-refractivity contribution in [2.45, 2.75) is 71.6 Å². The summed E-state index contributed by atoms with van der Waals surface area (Å²) in [5.74, 6) is -0.354. The number of H-pyrrole nitrogens is 2. The number of hydrogen-bond donors (Lipinski definition) is 3. The van der Waals surface area contributed by atoms with Crippen molar-refractivity contribution in [2.24, 2.45) is 0 Å². The Balaban J connectivity index is 1.15. The van der Waals surface area contributed by atoms with E-state index < -0.39 is 0 Å². The van der Waals surface area contributed by atoms with E-state index in [0.717, 1.165) is 95.7 Å². The molecule has 4 heterocycles. The van der Waals surface area contributed by atoms with Gasteiger partial charge in [0.25, 0.3) is 5.56 Å². The number of nitrogens with zero attached hydrogens (tertiary/aromatic N) is 5. The number of unbranched alkanes of at least 4 members (excludes halogenated alkanes) is 4. The Kier molecular flexibility index (Phi) is 12.4. The SMILES string of the molecule is CCCCCCCC(=O)Nc1nc2[nH]c(CN3CCN(Cc4ccccc4F)CC3)c(CN3CCN(Cc4ccccc4F)CC3)c2c(=O)[nH]1. The van der Waals surface area contributed by atoms with Crippen LogP contribution in [0.5, 0.6) is 0 Å². The topological polar surface area (TPSA) is 104 Å². The molecule has 0 radical (unpaired) electrons. The van der Waals surface area contributed by atoms with Gasteiger partial charge in [-0.15, -0.1) is 0 Å². The van der Waals surface area contributed by atoms with E-state index in [1.165, 1.54) is 12.1 Å². The zero-order valence-electron chi connectivity index (χ0n) is 29.2. The van der Waals surface area contributed by atoms with Crippen molar-refractivity contribution < 1.29 is 13.6 Å². The average Bonchev–Trinajstić information content (AvgIpc) is 3.44. The monoisotopic (exact) mass is 688 g/mol. The van der Waals surface area contributed by atoms with Crippen LogP contribution in [0, 0.1) is 11.6 Å². The molecule has 0 atom stereocenters. The Labute approximate surface area is 292 Å². The van der Waals surface area contributed by atoms with E-state index in [0.29, 0.717) is 54.8 Å². The van der Waals surface area contributed by atoms with E-state index >= 15 is 0 Å². The number of halogens is 2. The van der Waals surface area contributed by atoms with Crippen molar-refractivity contribution in [3.05, 3.63) is 92.9 Å². The van der Waals surface area contributed by atoms with Gasteiger partial charge in [0.15, 0.2) is 0 Å². The van der Waals surface area contributed by atoms with E-state index in [2.05, 4.69) is 46.8 Å². The molecule has 2 aliphatic rings. The molecule has 0 spiro atoms. The number of piperazine rings is 2. The number of aromatic nitrogens is 3. The van der Waals surface area contributed by atoms with Gasteiger partial charge >= 0.3 is 0 Å². The van der Waals surface area contributed by atoms with Crippen molar-refractivity contribution in [2.75, 3.05) is 57.7 Å². The number of hydrogen-bond acceptors (Lipinski definition) is 7. The first-order chi connectivity index (χ1) is 24.4. The highest BCUT2D eigenvalue weighted by Crippen LogP contribution is 2.24. The zero-order valence-corrected chi connectivity index (χ0v) is 29.2. The van der Waals surface area contributed by atoms with Crippen LogP contribution >= 0.6 is 0 Å². The molecule has 2 fully saturated rings. The summed E-state index contributed by atoms with van der Waals surface area (Å²) < 4.78 is 28.6. The summed E-state index contributed by atoms with van der Waals surface area (Å²) in [4.78, 5) is 46.5. The van der Waals surface area contributed by atoms with Crippen molar-refractivity contribution in [3.8, 4) is 0 Å². The van der Waals surface area contributed by atoms with Crippen LogP contribution in [0.2, 0.25) is 0 Å². The lowest BCUT2D eigenvalue weighted by Gasteiger charge is -2.36. The van der Waals surface area contributed by atoms with Crippen LogP contribution in [0.4, 0.5) is 14.7 Å². The summed E-state index contributed by atoms with van der Waals surface area (Å²) in [6.07, 6.45) is 5.61. The summed E-state index contributed by atoms with van der Waals surface area (Å²) in [7, 11) is 0. The van der Waals surface area contributed by atoms with Gasteiger partial charge in [-0.1, -0.05) is 69.0 Å². The molecular weight excluding hydrogens is 638 g/mol. The minimum absolute atomic E-state index is 0.155. The second-order valence-corrected chi connectivity index (χ2v) is 13.7. The van der Waals surface area contributed by atoms with Gasteiger partial charge in [0, 0.05) is 107 Å². The normalized spacial score (nSPS) is 16.7. The lowest BCUT2D eigenvalue weighted by molar-refractivity contribution is -0.116. The van der Waals surface area contributed by atoms with Crippen molar-refractivity contribution >= 4 is 22.9 Å². The second-order valence-electron chi connectivity index (χ2n) is 13.7. The highest BCUT2D eigenvalue weighted by atomic mass is 19.1. The van der Waals surface area contributed by atoms with Crippen LogP contribution in [0.3, 0.4) is 0 Å². The number of amides is 1. The second kappa shape index (κ2) is 17.3. The molecule has 2 aromatic carbocycles. The standard InChI is InChI=1S/C38H50F2N8O2/c1-2-3-4-5-6-15-34(49)42-38-43-36-35(37(50)44-38)30(26-47-20-16-45(17-21-47)24-28-11-7-9-13-31(28)39)33(41-36)27-48-22-18-46(19-23-48)25-29-12-8-10-14-32(29)40/h7-14H,2-6,15-27H2,1H3,(H3,41,42,43,44,49,50). The smallest absolute Gasteiger partial charge is 0.262 e. The molecule has 2 aromatic heterocycles. The molecule has 0 saturated carbocycles. The summed E-state index contributed by atoms with van der Waals surface area (Å²) in [5.41, 5.74) is 3.45. The number of benzene rings is 2. The molecule has 12 heteroatoms. The van der Waals surface area contributed by atoms with E-state index in [-0.39, 0.29) is 29.0 Å². The highest BCUT2D eigenvalue weighted by molar-refractivity contribution is 5.90. The van der Waals surface area contributed by atoms with Crippen LogP contribution < -0.4 is 10.9 Å². The minimum Gasteiger partial charge on any atom is -0.341 e. The third-order valence-corrected chi connectivity index (χ3v) is 10.0. The summed E-state index contributed by atoms with van der Waals surface area (Å²) in [6.45, 7) is 10.9. The third kappa shape index (κ3) is 9.42. The number of fused-ring (bicyclic) bond motifs is 1. The van der Waals surface area contributed by atoms with Crippen LogP contribution in [0.1, 0.15) is 67.8 Å². The maximum absolute atomic E-state index is 14.3. The van der Waals surface area contributed by atoms with Gasteiger partial charge in [-0.25, -0.2) is 8.78 Å². The molecule has 3 N–H and O–H groups in total. The van der Waals surface area contributed by atoms with Crippen molar-refractivity contribution in [3.63, 3.8) is 0 Å². The molecular formula is C38H50F2N8O2. The van der Waals surface area contributed by atoms with Gasteiger partial charge in [-0.2, -0.15) is 4.98 Å². The predicted octanol–water partition coefficient (Wildman–Crippen LogP) is 5.46. The zero-order chi connectivity index (χ0) is 34.9. The number of carbonyl (C=O) groups excluding carboxylic acids is 1. The molecule has 2 saturated heterocycles. The fraction of sp³-hybridized carbons (Fsp3) is 0.500. The maximum atomic E-state index is 14.3. The lowest BCUT2D eigenvalue weighted by atomic mass is 10.1. The van der Waals surface area contributed by atoms with E-state index in [1.54, 1.807) is 12.1 Å². The molecule has 6 rings (SSSR count). The Bertz CT molecular complexity index is 1780. The molecule has 0 bridgehead atoms. The molecule has 1 amide bonds. The quantitative estimate of drug-likeness (QED) is 0.143. The summed E-state index contributed by atoms with van der Waals surface area (Å²) in [5, 5.41) is 3.32. The fourth-order valence-corrected chi connectivity index (χ4v) is 7.06. The molecule has 50 heavy (non-hydrogen) atoms. The Morgan fingerprint density at radius 2 is 1.24 bits per heavy atom. The van der Waals surface area contributed by atoms with Crippen LogP contribution in [0.25, 0.3) is 11.0 Å². The minimum atomic E-state index is -0.279. The number of carbonyl (C=O) groups is 1. The highest BCUT2D eigenvalue weighted by Gasteiger charge is 2.26. The van der Waals surface area contributed by atoms with Crippen LogP contribution in [-0.4, -0.2) is 92.8 Å². The largest absolute Gasteiger partial charge is 0.341 e. The summed E-state index contributed by atoms with van der Waals surface area (Å²) in [6, 6.07) is 13.9. The molecule has 4 aromatic rings. The van der Waals surface area contributed by atoms with Gasteiger partial charge < -0.3 is 4.98 Å². The average molecular weight is 689 g/mol. The van der Waals surface area contributed by atoms with Crippen molar-refractivity contribution in [1.29, 1.82) is 0 Å². The van der Waals surface area contributed by atoms with Gasteiger partial charge in [0.05, 0.1) is 5.39 Å². The molecule has 2 aliphatic heterocycles. The first kappa shape index (κ1) is 35.8. The Hall–Kier alpha value is -3.97. The summed E-state index contributed by atoms with van der Waals surface area (Å²) >= 11 is 0. The van der Waals surface area contributed by atoms with Crippen molar-refractivity contribution in [1.82, 2.24) is 34.6 Å². The predicted molar refractivity (Wildman–Crippen MR) is 193 cm³/mol.